The highest BCUT2D eigenvalue weighted by atomic mass is 29.2. The Bertz CT molecular complexity index is 564. The molecule has 0 saturated carbocycles. The first-order chi connectivity index (χ1) is 11.1. The first-order valence-electron chi connectivity index (χ1n) is 8.81. The van der Waals surface area contributed by atoms with Crippen molar-refractivity contribution < 1.29 is 14.0 Å². The van der Waals surface area contributed by atoms with Crippen molar-refractivity contribution in [2.75, 3.05) is 31.2 Å². The summed E-state index contributed by atoms with van der Waals surface area (Å²) >= 11 is 0. The van der Waals surface area contributed by atoms with Crippen LogP contribution >= 0.6 is 0 Å². The van der Waals surface area contributed by atoms with Crippen LogP contribution in [0.3, 0.4) is 0 Å². The molecule has 1 aliphatic rings. The molecule has 0 amide bonds. The molecule has 2 rings (SSSR count). The van der Waals surface area contributed by atoms with Crippen molar-refractivity contribution in [2.24, 2.45) is 0 Å². The molecule has 0 N–H and O–H groups in total. The Balaban J connectivity index is 2.11. The number of carbonyl (C=O) groups excluding carboxylic acids is 1. The predicted molar refractivity (Wildman–Crippen MR) is 105 cm³/mol. The van der Waals surface area contributed by atoms with E-state index < -0.39 is 21.8 Å². The van der Waals surface area contributed by atoms with Crippen LogP contribution in [-0.4, -0.2) is 53.8 Å². The number of hydrogen-bond donors (Lipinski definition) is 0. The molecule has 0 spiro atoms. The molecular formula is C18H31NO3Si2. The molecule has 1 fully saturated rings. The van der Waals surface area contributed by atoms with Gasteiger partial charge in [-0.05, 0) is 51.2 Å². The van der Waals surface area contributed by atoms with Gasteiger partial charge in [-0.1, -0.05) is 13.1 Å². The van der Waals surface area contributed by atoms with Gasteiger partial charge in [0.25, 0.3) is 0 Å². The van der Waals surface area contributed by atoms with Crippen LogP contribution in [0.25, 0.3) is 0 Å². The Morgan fingerprint density at radius 3 is 2.21 bits per heavy atom. The number of nitrogens with zero attached hydrogens (tertiary/aromatic N) is 1. The van der Waals surface area contributed by atoms with Crippen LogP contribution in [0.4, 0.5) is 5.69 Å². The van der Waals surface area contributed by atoms with Gasteiger partial charge in [-0.2, -0.15) is 0 Å². The molecule has 0 aromatic heterocycles. The topological polar surface area (TPSA) is 38.8 Å². The van der Waals surface area contributed by atoms with Crippen LogP contribution in [0.1, 0.15) is 24.2 Å². The molecule has 0 unspecified atom stereocenters. The van der Waals surface area contributed by atoms with E-state index in [2.05, 4.69) is 31.1 Å². The van der Waals surface area contributed by atoms with Crippen molar-refractivity contribution >= 4 is 27.6 Å². The Morgan fingerprint density at radius 1 is 1.17 bits per heavy atom. The largest absolute Gasteiger partial charge is 0.408 e. The maximum absolute atomic E-state index is 12.9. The zero-order chi connectivity index (χ0) is 18.0. The lowest BCUT2D eigenvalue weighted by molar-refractivity contribution is 0.0569. The molecule has 4 nitrogen and oxygen atoms in total. The Labute approximate surface area is 148 Å². The Hall–Kier alpha value is -0.956. The number of carbonyl (C=O) groups is 1. The van der Waals surface area contributed by atoms with Gasteiger partial charge in [-0.25, -0.2) is 0 Å². The average Bonchev–Trinajstić information content (AvgIpc) is 2.54. The Kier molecular flexibility index (Phi) is 6.06. The van der Waals surface area contributed by atoms with Gasteiger partial charge in [0.2, 0.25) is 0 Å². The van der Waals surface area contributed by atoms with Gasteiger partial charge in [-0.3, -0.25) is 4.79 Å². The number of Topliss-reactive ketones (excluding diaryl/α,β-unsaturated/α-hetero) is 1. The SMILES string of the molecule is C[SiH](C)[Si](C)(C)OC(C)(C)C(=O)c1ccc(N2CCOCC2)cc1. The molecule has 1 aromatic rings. The second-order valence-electron chi connectivity index (χ2n) is 7.85. The van der Waals surface area contributed by atoms with Gasteiger partial charge in [0, 0.05) is 24.3 Å². The normalized spacial score (nSPS) is 16.5. The van der Waals surface area contributed by atoms with Crippen LogP contribution in [-0.2, 0) is 9.16 Å². The summed E-state index contributed by atoms with van der Waals surface area (Å²) in [6, 6.07) is 7.93. The van der Waals surface area contributed by atoms with Crippen molar-refractivity contribution in [3.05, 3.63) is 29.8 Å². The van der Waals surface area contributed by atoms with E-state index in [-0.39, 0.29) is 5.78 Å². The number of anilines is 1. The van der Waals surface area contributed by atoms with Crippen molar-refractivity contribution in [1.82, 2.24) is 0 Å². The van der Waals surface area contributed by atoms with Crippen LogP contribution in [0.15, 0.2) is 24.3 Å². The number of ether oxygens (including phenoxy) is 1. The van der Waals surface area contributed by atoms with E-state index >= 15 is 0 Å². The molecule has 1 aliphatic heterocycles. The first kappa shape index (κ1) is 19.4. The van der Waals surface area contributed by atoms with E-state index in [9.17, 15) is 4.79 Å². The van der Waals surface area contributed by atoms with E-state index in [4.69, 9.17) is 9.16 Å². The summed E-state index contributed by atoms with van der Waals surface area (Å²) in [5, 5.41) is 0. The lowest BCUT2D eigenvalue weighted by Gasteiger charge is -2.36. The molecule has 134 valence electrons. The summed E-state index contributed by atoms with van der Waals surface area (Å²) in [6.07, 6.45) is 0. The standard InChI is InChI=1S/C18H31NO3Si2/c1-18(2,22-24(5,6)23(3)4)17(20)15-7-9-16(10-8-15)19-11-13-21-14-12-19/h7-10,23H,11-14H2,1-6H3. The third kappa shape index (κ3) is 4.56. The van der Waals surface area contributed by atoms with Crippen molar-refractivity contribution in [2.45, 2.75) is 45.6 Å². The van der Waals surface area contributed by atoms with Gasteiger partial charge >= 0.3 is 0 Å². The third-order valence-corrected chi connectivity index (χ3v) is 17.5. The minimum absolute atomic E-state index is 0.0752. The fourth-order valence-corrected chi connectivity index (χ4v) is 6.05. The molecule has 24 heavy (non-hydrogen) atoms. The molecule has 0 atom stereocenters. The van der Waals surface area contributed by atoms with Gasteiger partial charge in [0.15, 0.2) is 13.6 Å². The summed E-state index contributed by atoms with van der Waals surface area (Å²) in [5.41, 5.74) is 1.12. The van der Waals surface area contributed by atoms with Crippen LogP contribution in [0.2, 0.25) is 26.2 Å². The smallest absolute Gasteiger partial charge is 0.192 e. The van der Waals surface area contributed by atoms with Crippen LogP contribution < -0.4 is 4.90 Å². The molecule has 6 heteroatoms. The summed E-state index contributed by atoms with van der Waals surface area (Å²) in [7, 11) is -2.65. The van der Waals surface area contributed by atoms with Crippen LogP contribution in [0, 0.1) is 0 Å². The predicted octanol–water partition coefficient (Wildman–Crippen LogP) is 3.27. The monoisotopic (exact) mass is 365 g/mol. The molecular weight excluding hydrogens is 334 g/mol. The third-order valence-electron chi connectivity index (χ3n) is 4.96. The number of morpholine rings is 1. The summed E-state index contributed by atoms with van der Waals surface area (Å²) in [6.45, 7) is 16.3. The fourth-order valence-electron chi connectivity index (χ4n) is 2.81. The molecule has 1 heterocycles. The maximum atomic E-state index is 12.9. The highest BCUT2D eigenvalue weighted by molar-refractivity contribution is 7.28. The highest BCUT2D eigenvalue weighted by Gasteiger charge is 2.39. The average molecular weight is 366 g/mol. The molecule has 1 saturated heterocycles. The zero-order valence-electron chi connectivity index (χ0n) is 15.9. The minimum Gasteiger partial charge on any atom is -0.408 e. The number of rotatable bonds is 6. The first-order valence-corrected chi connectivity index (χ1v) is 15.8. The quantitative estimate of drug-likeness (QED) is 0.573. The van der Waals surface area contributed by atoms with E-state index in [0.29, 0.717) is 0 Å². The number of hydrogen-bond acceptors (Lipinski definition) is 4. The Morgan fingerprint density at radius 2 is 1.71 bits per heavy atom. The minimum atomic E-state index is -1.75. The lowest BCUT2D eigenvalue weighted by atomic mass is 9.97. The summed E-state index contributed by atoms with van der Waals surface area (Å²) < 4.78 is 11.8. The van der Waals surface area contributed by atoms with E-state index in [1.165, 1.54) is 0 Å². The molecule has 1 aromatic carbocycles. The van der Waals surface area contributed by atoms with Gasteiger partial charge in [0.05, 0.1) is 21.5 Å². The van der Waals surface area contributed by atoms with E-state index in [1.807, 2.05) is 38.1 Å². The zero-order valence-corrected chi connectivity index (χ0v) is 18.0. The van der Waals surface area contributed by atoms with Gasteiger partial charge < -0.3 is 14.1 Å². The van der Waals surface area contributed by atoms with E-state index in [0.717, 1.165) is 37.6 Å². The number of ketones is 1. The van der Waals surface area contributed by atoms with E-state index in [1.54, 1.807) is 0 Å². The molecule has 0 bridgehead atoms. The maximum Gasteiger partial charge on any atom is 0.192 e. The van der Waals surface area contributed by atoms with Crippen molar-refractivity contribution in [1.29, 1.82) is 0 Å². The molecule has 0 aliphatic carbocycles. The molecule has 0 radical (unpaired) electrons. The van der Waals surface area contributed by atoms with Crippen LogP contribution in [0.5, 0.6) is 0 Å². The highest BCUT2D eigenvalue weighted by Crippen LogP contribution is 2.25. The van der Waals surface area contributed by atoms with Gasteiger partial charge in [-0.15, -0.1) is 0 Å². The second-order valence-corrected chi connectivity index (χ2v) is 21.2. The summed E-state index contributed by atoms with van der Waals surface area (Å²) in [5.74, 6) is 0.0752. The summed E-state index contributed by atoms with van der Waals surface area (Å²) in [4.78, 5) is 15.2. The number of benzene rings is 1. The van der Waals surface area contributed by atoms with Crippen molar-refractivity contribution in [3.63, 3.8) is 0 Å². The second kappa shape index (κ2) is 7.51. The van der Waals surface area contributed by atoms with Gasteiger partial charge in [0.1, 0.15) is 5.60 Å². The fraction of sp³-hybridized carbons (Fsp3) is 0.611. The van der Waals surface area contributed by atoms with Crippen molar-refractivity contribution in [3.8, 4) is 0 Å². The lowest BCUT2D eigenvalue weighted by Crippen LogP contribution is -2.53.